The lowest BCUT2D eigenvalue weighted by Gasteiger charge is -2.16. The van der Waals surface area contributed by atoms with E-state index < -0.39 is 0 Å². The first-order valence-electron chi connectivity index (χ1n) is 10.6. The molecule has 0 saturated heterocycles. The molecule has 3 aromatic rings. The van der Waals surface area contributed by atoms with Gasteiger partial charge in [0.05, 0.1) is 23.6 Å². The summed E-state index contributed by atoms with van der Waals surface area (Å²) >= 11 is 6.26. The molecule has 0 aliphatic heterocycles. The van der Waals surface area contributed by atoms with E-state index in [4.69, 9.17) is 27.4 Å². The van der Waals surface area contributed by atoms with Crippen LogP contribution in [0.15, 0.2) is 40.4 Å². The predicted octanol–water partition coefficient (Wildman–Crippen LogP) is 3.31. The number of benzene rings is 1. The predicted molar refractivity (Wildman–Crippen MR) is 130 cm³/mol. The third-order valence-electron chi connectivity index (χ3n) is 5.29. The number of likely N-dealkylation sites (N-methyl/N-ethyl adjacent to an activating group) is 1. The van der Waals surface area contributed by atoms with E-state index in [1.165, 1.54) is 0 Å². The van der Waals surface area contributed by atoms with Gasteiger partial charge in [-0.25, -0.2) is 9.97 Å². The van der Waals surface area contributed by atoms with Crippen LogP contribution in [0.25, 0.3) is 22.5 Å². The first-order valence-corrected chi connectivity index (χ1v) is 10.9. The van der Waals surface area contributed by atoms with Crippen molar-refractivity contribution in [1.82, 2.24) is 24.6 Å². The molecule has 0 atom stereocenters. The highest BCUT2D eigenvalue weighted by Crippen LogP contribution is 2.40. The number of aliphatic imine (C=N–C) groups is 2. The molecule has 0 saturated carbocycles. The van der Waals surface area contributed by atoms with Crippen LogP contribution in [0.2, 0.25) is 5.02 Å². The Morgan fingerprint density at radius 2 is 2.16 bits per heavy atom. The third kappa shape index (κ3) is 4.87. The summed E-state index contributed by atoms with van der Waals surface area (Å²) in [7, 11) is 5.98. The summed E-state index contributed by atoms with van der Waals surface area (Å²) in [6, 6.07) is 7.78. The van der Waals surface area contributed by atoms with Crippen LogP contribution < -0.4 is 5.73 Å². The van der Waals surface area contributed by atoms with Crippen LogP contribution in [0.3, 0.4) is 0 Å². The van der Waals surface area contributed by atoms with Crippen molar-refractivity contribution >= 4 is 29.6 Å². The second kappa shape index (κ2) is 9.58. The van der Waals surface area contributed by atoms with Gasteiger partial charge in [0.15, 0.2) is 0 Å². The summed E-state index contributed by atoms with van der Waals surface area (Å²) in [6.07, 6.45) is 5.77. The maximum atomic E-state index is 6.26. The fourth-order valence-corrected chi connectivity index (χ4v) is 3.95. The van der Waals surface area contributed by atoms with Gasteiger partial charge in [-0.2, -0.15) is 10.1 Å². The highest BCUT2D eigenvalue weighted by molar-refractivity contribution is 6.30. The van der Waals surface area contributed by atoms with Crippen molar-refractivity contribution in [2.45, 2.75) is 19.3 Å². The minimum atomic E-state index is 0.344. The molecule has 0 radical (unpaired) electrons. The first-order chi connectivity index (χ1) is 15.4. The number of fused-ring (bicyclic) bond motifs is 3. The Balaban J connectivity index is 1.64. The largest absolute Gasteiger partial charge is 0.387 e. The van der Waals surface area contributed by atoms with Gasteiger partial charge >= 0.3 is 0 Å². The fourth-order valence-electron chi connectivity index (χ4n) is 3.76. The third-order valence-corrected chi connectivity index (χ3v) is 5.52. The van der Waals surface area contributed by atoms with Crippen molar-refractivity contribution in [1.29, 1.82) is 0 Å². The SMILES string of the molecule is CN(C)CCN=CCC(N)=Nc1ncc2c(n1)-c1c(nn(C)c1-c1cccc(Cl)c1)CC2. The van der Waals surface area contributed by atoms with E-state index in [9.17, 15) is 0 Å². The smallest absolute Gasteiger partial charge is 0.251 e. The zero-order chi connectivity index (χ0) is 22.7. The van der Waals surface area contributed by atoms with Crippen molar-refractivity contribution in [3.8, 4) is 22.5 Å². The quantitative estimate of drug-likeness (QED) is 0.440. The molecule has 32 heavy (non-hydrogen) atoms. The van der Waals surface area contributed by atoms with Gasteiger partial charge in [0.2, 0.25) is 0 Å². The van der Waals surface area contributed by atoms with E-state index in [0.29, 0.717) is 23.2 Å². The molecular formula is C23H27ClN8. The second-order valence-corrected chi connectivity index (χ2v) is 8.48. The van der Waals surface area contributed by atoms with Crippen molar-refractivity contribution < 1.29 is 0 Å². The number of amidine groups is 1. The summed E-state index contributed by atoms with van der Waals surface area (Å²) in [5, 5.41) is 5.43. The van der Waals surface area contributed by atoms with Crippen molar-refractivity contribution in [2.24, 2.45) is 22.8 Å². The number of aryl methyl sites for hydroxylation is 3. The molecule has 1 aliphatic rings. The van der Waals surface area contributed by atoms with Gasteiger partial charge in [-0.05, 0) is 44.6 Å². The standard InChI is InChI=1S/C23H27ClN8/c1-31(2)12-11-26-10-9-19(25)28-23-27-14-16-7-8-18-20(21(16)29-23)22(32(3)30-18)15-5-4-6-17(24)13-15/h4-6,10,13-14H,7-9,11-12H2,1-3H3,(H2,25,27,28,29). The monoisotopic (exact) mass is 450 g/mol. The normalized spacial score (nSPS) is 13.6. The van der Waals surface area contributed by atoms with Crippen molar-refractivity contribution in [2.75, 3.05) is 27.2 Å². The first kappa shape index (κ1) is 22.1. The summed E-state index contributed by atoms with van der Waals surface area (Å²) in [5.74, 6) is 0.771. The van der Waals surface area contributed by atoms with E-state index in [-0.39, 0.29) is 0 Å². The van der Waals surface area contributed by atoms with E-state index >= 15 is 0 Å². The van der Waals surface area contributed by atoms with E-state index in [0.717, 1.165) is 59.7 Å². The van der Waals surface area contributed by atoms with Gasteiger partial charge in [0.1, 0.15) is 5.84 Å². The minimum Gasteiger partial charge on any atom is -0.387 e. The molecule has 0 amide bonds. The van der Waals surface area contributed by atoms with E-state index in [2.05, 4.69) is 19.9 Å². The molecular weight excluding hydrogens is 424 g/mol. The van der Waals surface area contributed by atoms with Crippen LogP contribution in [0.4, 0.5) is 5.95 Å². The molecule has 0 fully saturated rings. The number of nitrogens with zero attached hydrogens (tertiary/aromatic N) is 7. The molecule has 1 aromatic carbocycles. The van der Waals surface area contributed by atoms with Gasteiger partial charge in [0, 0.05) is 48.6 Å². The molecule has 4 rings (SSSR count). The molecule has 166 valence electrons. The molecule has 2 N–H and O–H groups in total. The van der Waals surface area contributed by atoms with Gasteiger partial charge in [-0.15, -0.1) is 0 Å². The molecule has 0 unspecified atom stereocenters. The fraction of sp³-hybridized carbons (Fsp3) is 0.348. The average Bonchev–Trinajstić information content (AvgIpc) is 3.09. The molecule has 9 heteroatoms. The maximum Gasteiger partial charge on any atom is 0.251 e. The highest BCUT2D eigenvalue weighted by Gasteiger charge is 2.27. The molecule has 1 aliphatic carbocycles. The lowest BCUT2D eigenvalue weighted by atomic mass is 9.91. The summed E-state index contributed by atoms with van der Waals surface area (Å²) in [5.41, 5.74) is 12.0. The van der Waals surface area contributed by atoms with Crippen LogP contribution in [-0.2, 0) is 19.9 Å². The zero-order valence-electron chi connectivity index (χ0n) is 18.6. The Bertz CT molecular complexity index is 1180. The molecule has 8 nitrogen and oxygen atoms in total. The number of hydrogen-bond acceptors (Lipinski definition) is 6. The number of rotatable bonds is 7. The Hall–Kier alpha value is -3.10. The molecule has 2 heterocycles. The zero-order valence-corrected chi connectivity index (χ0v) is 19.3. The maximum absolute atomic E-state index is 6.26. The van der Waals surface area contributed by atoms with Crippen LogP contribution in [0.5, 0.6) is 0 Å². The van der Waals surface area contributed by atoms with Gasteiger partial charge < -0.3 is 10.6 Å². The Labute approximate surface area is 192 Å². The topological polar surface area (TPSA) is 97.6 Å². The van der Waals surface area contributed by atoms with Gasteiger partial charge in [0.25, 0.3) is 5.95 Å². The molecule has 0 bridgehead atoms. The summed E-state index contributed by atoms with van der Waals surface area (Å²) in [6.45, 7) is 1.62. The number of nitrogens with two attached hydrogens (primary N) is 1. The Morgan fingerprint density at radius 3 is 2.94 bits per heavy atom. The second-order valence-electron chi connectivity index (χ2n) is 8.05. The lowest BCUT2D eigenvalue weighted by molar-refractivity contribution is 0.421. The molecule has 2 aromatic heterocycles. The summed E-state index contributed by atoms with van der Waals surface area (Å²) in [4.78, 5) is 20.0. The van der Waals surface area contributed by atoms with Crippen LogP contribution >= 0.6 is 11.6 Å². The van der Waals surface area contributed by atoms with E-state index in [1.54, 1.807) is 6.21 Å². The lowest BCUT2D eigenvalue weighted by Crippen LogP contribution is -2.16. The minimum absolute atomic E-state index is 0.344. The van der Waals surface area contributed by atoms with Crippen molar-refractivity contribution in [3.63, 3.8) is 0 Å². The van der Waals surface area contributed by atoms with Gasteiger partial charge in [-0.3, -0.25) is 9.67 Å². The van der Waals surface area contributed by atoms with Crippen molar-refractivity contribution in [3.05, 3.63) is 46.7 Å². The van der Waals surface area contributed by atoms with Crippen LogP contribution in [0, 0.1) is 0 Å². The number of halogens is 1. The number of aromatic nitrogens is 4. The Morgan fingerprint density at radius 1 is 1.31 bits per heavy atom. The van der Waals surface area contributed by atoms with Crippen LogP contribution in [0.1, 0.15) is 17.7 Å². The van der Waals surface area contributed by atoms with Crippen LogP contribution in [-0.4, -0.2) is 63.9 Å². The number of hydrogen-bond donors (Lipinski definition) is 1. The Kier molecular flexibility index (Phi) is 6.62. The highest BCUT2D eigenvalue weighted by atomic mass is 35.5. The average molecular weight is 451 g/mol. The summed E-state index contributed by atoms with van der Waals surface area (Å²) < 4.78 is 1.90. The van der Waals surface area contributed by atoms with Gasteiger partial charge in [-0.1, -0.05) is 23.7 Å². The molecule has 0 spiro atoms. The van der Waals surface area contributed by atoms with E-state index in [1.807, 2.05) is 56.3 Å².